The number of thiophene rings is 1. The molecule has 102 valence electrons. The molecule has 1 aromatic rings. The van der Waals surface area contributed by atoms with Gasteiger partial charge in [-0.25, -0.2) is 8.42 Å². The van der Waals surface area contributed by atoms with Gasteiger partial charge in [-0.1, -0.05) is 22.9 Å². The van der Waals surface area contributed by atoms with E-state index in [2.05, 4.69) is 35.0 Å². The highest BCUT2D eigenvalue weighted by Crippen LogP contribution is 2.31. The predicted molar refractivity (Wildman–Crippen MR) is 81.4 cm³/mol. The number of rotatable bonds is 5. The zero-order valence-electron chi connectivity index (χ0n) is 10.6. The van der Waals surface area contributed by atoms with E-state index in [0.717, 1.165) is 24.6 Å². The van der Waals surface area contributed by atoms with Gasteiger partial charge in [-0.05, 0) is 43.2 Å². The van der Waals surface area contributed by atoms with Crippen molar-refractivity contribution in [2.24, 2.45) is 11.8 Å². The minimum Gasteiger partial charge on any atom is -0.229 e. The summed E-state index contributed by atoms with van der Waals surface area (Å²) < 4.78 is 23.1. The third kappa shape index (κ3) is 3.58. The van der Waals surface area contributed by atoms with Crippen LogP contribution in [0, 0.1) is 11.8 Å². The van der Waals surface area contributed by atoms with Crippen molar-refractivity contribution >= 4 is 37.1 Å². The van der Waals surface area contributed by atoms with Crippen LogP contribution in [0.5, 0.6) is 0 Å². The van der Waals surface area contributed by atoms with E-state index >= 15 is 0 Å². The Labute approximate surface area is 122 Å². The first kappa shape index (κ1) is 14.5. The van der Waals surface area contributed by atoms with Crippen molar-refractivity contribution < 1.29 is 8.42 Å². The van der Waals surface area contributed by atoms with E-state index in [1.165, 1.54) is 9.75 Å². The predicted octanol–water partition coefficient (Wildman–Crippen LogP) is 3.30. The highest BCUT2D eigenvalue weighted by atomic mass is 79.9. The molecule has 0 aliphatic carbocycles. The molecule has 0 spiro atoms. The molecule has 2 unspecified atom stereocenters. The van der Waals surface area contributed by atoms with E-state index in [0.29, 0.717) is 23.3 Å². The maximum Gasteiger partial charge on any atom is 0.150 e. The molecule has 0 amide bonds. The minimum absolute atomic E-state index is 0.335. The second-order valence-corrected chi connectivity index (χ2v) is 9.13. The van der Waals surface area contributed by atoms with E-state index in [-0.39, 0.29) is 0 Å². The Morgan fingerprint density at radius 2 is 2.17 bits per heavy atom. The lowest BCUT2D eigenvalue weighted by molar-refractivity contribution is 0.404. The molecule has 0 bridgehead atoms. The normalized spacial score (nSPS) is 24.2. The Balaban J connectivity index is 2.01. The third-order valence-electron chi connectivity index (χ3n) is 3.66. The first-order valence-electron chi connectivity index (χ1n) is 6.38. The largest absolute Gasteiger partial charge is 0.229 e. The van der Waals surface area contributed by atoms with Crippen LogP contribution in [-0.2, 0) is 22.7 Å². The smallest absolute Gasteiger partial charge is 0.150 e. The molecular formula is C13H19BrO2S2. The number of hydrogen-bond acceptors (Lipinski definition) is 3. The quantitative estimate of drug-likeness (QED) is 0.763. The SMILES string of the molecule is CCc1ccc(CC(CBr)C2CCS(=O)(=O)C2)s1. The monoisotopic (exact) mass is 350 g/mol. The molecule has 0 saturated carbocycles. The van der Waals surface area contributed by atoms with Crippen LogP contribution in [0.3, 0.4) is 0 Å². The van der Waals surface area contributed by atoms with Crippen LogP contribution in [0.4, 0.5) is 0 Å². The van der Waals surface area contributed by atoms with Crippen LogP contribution in [0.15, 0.2) is 12.1 Å². The molecule has 1 aliphatic rings. The zero-order valence-corrected chi connectivity index (χ0v) is 13.8. The lowest BCUT2D eigenvalue weighted by Crippen LogP contribution is -2.19. The molecule has 5 heteroatoms. The molecule has 2 atom stereocenters. The summed E-state index contributed by atoms with van der Waals surface area (Å²) in [6.07, 6.45) is 2.93. The Morgan fingerprint density at radius 1 is 1.44 bits per heavy atom. The first-order valence-corrected chi connectivity index (χ1v) is 10.1. The Kier molecular flexibility index (Phi) is 4.89. The van der Waals surface area contributed by atoms with Crippen molar-refractivity contribution in [1.29, 1.82) is 0 Å². The van der Waals surface area contributed by atoms with Crippen molar-refractivity contribution in [2.75, 3.05) is 16.8 Å². The number of halogens is 1. The van der Waals surface area contributed by atoms with Crippen molar-refractivity contribution in [2.45, 2.75) is 26.2 Å². The van der Waals surface area contributed by atoms with Gasteiger partial charge in [0.1, 0.15) is 0 Å². The average Bonchev–Trinajstić information content (AvgIpc) is 2.92. The average molecular weight is 351 g/mol. The summed E-state index contributed by atoms with van der Waals surface area (Å²) in [5.41, 5.74) is 0. The number of hydrogen-bond donors (Lipinski definition) is 0. The molecule has 18 heavy (non-hydrogen) atoms. The van der Waals surface area contributed by atoms with Gasteiger partial charge in [0.15, 0.2) is 9.84 Å². The number of aryl methyl sites for hydroxylation is 1. The molecule has 2 rings (SSSR count). The number of alkyl halides is 1. The van der Waals surface area contributed by atoms with Crippen LogP contribution >= 0.6 is 27.3 Å². The second-order valence-electron chi connectivity index (χ2n) is 5.00. The molecular weight excluding hydrogens is 332 g/mol. The van der Waals surface area contributed by atoms with Gasteiger partial charge in [-0.15, -0.1) is 11.3 Å². The summed E-state index contributed by atoms with van der Waals surface area (Å²) >= 11 is 5.42. The van der Waals surface area contributed by atoms with Crippen LogP contribution in [0.1, 0.15) is 23.1 Å². The van der Waals surface area contributed by atoms with Crippen molar-refractivity contribution in [1.82, 2.24) is 0 Å². The number of sulfone groups is 1. The topological polar surface area (TPSA) is 34.1 Å². The molecule has 0 aromatic carbocycles. The van der Waals surface area contributed by atoms with Crippen LogP contribution in [0.2, 0.25) is 0 Å². The zero-order chi connectivity index (χ0) is 13.2. The molecule has 2 heterocycles. The molecule has 1 aromatic heterocycles. The lowest BCUT2D eigenvalue weighted by Gasteiger charge is -2.19. The van der Waals surface area contributed by atoms with Crippen molar-refractivity contribution in [3.05, 3.63) is 21.9 Å². The summed E-state index contributed by atoms with van der Waals surface area (Å²) in [4.78, 5) is 2.80. The molecule has 2 nitrogen and oxygen atoms in total. The van der Waals surface area contributed by atoms with Crippen molar-refractivity contribution in [3.63, 3.8) is 0 Å². The molecule has 0 radical (unpaired) electrons. The molecule has 1 saturated heterocycles. The Bertz CT molecular complexity index is 493. The van der Waals surface area contributed by atoms with Gasteiger partial charge in [-0.2, -0.15) is 0 Å². The van der Waals surface area contributed by atoms with Gasteiger partial charge >= 0.3 is 0 Å². The van der Waals surface area contributed by atoms with Crippen molar-refractivity contribution in [3.8, 4) is 0 Å². The van der Waals surface area contributed by atoms with E-state index < -0.39 is 9.84 Å². The maximum atomic E-state index is 11.6. The maximum absolute atomic E-state index is 11.6. The van der Waals surface area contributed by atoms with Crippen LogP contribution < -0.4 is 0 Å². The third-order valence-corrected chi connectivity index (χ3v) is 7.54. The van der Waals surface area contributed by atoms with Gasteiger partial charge in [0.25, 0.3) is 0 Å². The van der Waals surface area contributed by atoms with Crippen LogP contribution in [-0.4, -0.2) is 25.3 Å². The van der Waals surface area contributed by atoms with Gasteiger partial charge in [0, 0.05) is 15.1 Å². The fourth-order valence-corrected chi connectivity index (χ4v) is 6.25. The minimum atomic E-state index is -2.76. The van der Waals surface area contributed by atoms with Gasteiger partial charge in [-0.3, -0.25) is 0 Å². The fraction of sp³-hybridized carbons (Fsp3) is 0.692. The Morgan fingerprint density at radius 3 is 2.67 bits per heavy atom. The van der Waals surface area contributed by atoms with Gasteiger partial charge < -0.3 is 0 Å². The lowest BCUT2D eigenvalue weighted by atomic mass is 9.90. The van der Waals surface area contributed by atoms with E-state index in [1.54, 1.807) is 0 Å². The summed E-state index contributed by atoms with van der Waals surface area (Å²) in [7, 11) is -2.76. The second kappa shape index (κ2) is 6.06. The highest BCUT2D eigenvalue weighted by molar-refractivity contribution is 9.09. The van der Waals surface area contributed by atoms with E-state index in [9.17, 15) is 8.42 Å². The Hall–Kier alpha value is 0.130. The summed E-state index contributed by atoms with van der Waals surface area (Å²) in [5.74, 6) is 1.55. The first-order chi connectivity index (χ1) is 8.54. The summed E-state index contributed by atoms with van der Waals surface area (Å²) in [6, 6.07) is 4.39. The highest BCUT2D eigenvalue weighted by Gasteiger charge is 2.33. The van der Waals surface area contributed by atoms with Gasteiger partial charge in [0.05, 0.1) is 11.5 Å². The fourth-order valence-electron chi connectivity index (χ4n) is 2.52. The van der Waals surface area contributed by atoms with E-state index in [4.69, 9.17) is 0 Å². The summed E-state index contributed by atoms with van der Waals surface area (Å²) in [6.45, 7) is 2.17. The summed E-state index contributed by atoms with van der Waals surface area (Å²) in [5, 5.41) is 0.895. The molecule has 1 aliphatic heterocycles. The molecule has 0 N–H and O–H groups in total. The molecule has 1 fully saturated rings. The van der Waals surface area contributed by atoms with Gasteiger partial charge in [0.2, 0.25) is 0 Å². The van der Waals surface area contributed by atoms with Crippen LogP contribution in [0.25, 0.3) is 0 Å². The van der Waals surface area contributed by atoms with E-state index in [1.807, 2.05) is 11.3 Å². The standard InChI is InChI=1S/C13H19BrO2S2/c1-2-12-3-4-13(17-12)7-11(8-14)10-5-6-18(15,16)9-10/h3-4,10-11H,2,5-9H2,1H3.